The average molecular weight is 908 g/mol. The fraction of sp³-hybridized carbons (Fsp3) is 0.778. The van der Waals surface area contributed by atoms with E-state index in [9.17, 15) is 110 Å². The Kier molecular flexibility index (Phi) is 21.6. The van der Waals surface area contributed by atoms with Gasteiger partial charge in [0.25, 0.3) is 6.17 Å². The van der Waals surface area contributed by atoms with Crippen LogP contribution >= 0.6 is 0 Å². The van der Waals surface area contributed by atoms with Gasteiger partial charge in [0.1, 0.15) is 19.8 Å². The van der Waals surface area contributed by atoms with E-state index in [-0.39, 0.29) is 13.2 Å². The maximum absolute atomic E-state index is 13.6. The van der Waals surface area contributed by atoms with Gasteiger partial charge < -0.3 is 23.7 Å². The zero-order valence-corrected chi connectivity index (χ0v) is 28.1. The van der Waals surface area contributed by atoms with Crippen LogP contribution < -0.4 is 0 Å². The van der Waals surface area contributed by atoms with E-state index in [2.05, 4.69) is 43.4 Å². The lowest BCUT2D eigenvalue weighted by atomic mass is 9.83. The third-order valence-corrected chi connectivity index (χ3v) is 5.97. The Hall–Kier alpha value is -3.21. The molecule has 0 aliphatic carbocycles. The summed E-state index contributed by atoms with van der Waals surface area (Å²) in [5, 5.41) is 0. The fourth-order valence-corrected chi connectivity index (χ4v) is 3.03. The van der Waals surface area contributed by atoms with Gasteiger partial charge in [-0.3, -0.25) is 0 Å². The van der Waals surface area contributed by atoms with Crippen molar-refractivity contribution < 1.29 is 133 Å². The van der Waals surface area contributed by atoms with Gasteiger partial charge in [-0.1, -0.05) is 19.7 Å². The Morgan fingerprint density at radius 3 is 1.12 bits per heavy atom. The Bertz CT molecular complexity index is 1180. The molecule has 0 heterocycles. The van der Waals surface area contributed by atoms with Crippen molar-refractivity contribution in [3.63, 3.8) is 0 Å². The van der Waals surface area contributed by atoms with Gasteiger partial charge in [0, 0.05) is 6.42 Å². The second-order valence-corrected chi connectivity index (χ2v) is 10.0. The van der Waals surface area contributed by atoms with Gasteiger partial charge in [-0.2, -0.15) is 92.2 Å². The summed E-state index contributed by atoms with van der Waals surface area (Å²) in [4.78, 5) is 0. The average Bonchev–Trinajstić information content (AvgIpc) is 3.04. The highest BCUT2D eigenvalue weighted by molar-refractivity contribution is 5.19. The standard InChI is InChI=1S/C15H11F19O2.C8H10F6O2.C4H8O/c1-2-35-5-6-36-4-3-7(16,17)9(19,20)11(23,24)13(27,28)12(25,26)10(21,22)8(18,14(29,30)31)15(32,33)34;1-2-15-3-4-16-5-7(10,11)6(9)8(12,13)14;1-3-5-4-2/h2H,1,3-6H2;2,6H,1,3-5H2;3H,1,4H2,2H3. The van der Waals surface area contributed by atoms with Crippen LogP contribution in [0.25, 0.3) is 0 Å². The van der Waals surface area contributed by atoms with Crippen molar-refractivity contribution in [2.75, 3.05) is 46.2 Å². The third kappa shape index (κ3) is 13.7. The van der Waals surface area contributed by atoms with E-state index in [1.807, 2.05) is 6.92 Å². The van der Waals surface area contributed by atoms with Crippen LogP contribution in [0.1, 0.15) is 13.3 Å². The highest BCUT2D eigenvalue weighted by Gasteiger charge is 2.98. The lowest BCUT2D eigenvalue weighted by Crippen LogP contribution is -2.77. The molecule has 0 N–H and O–H groups in total. The number of halogens is 25. The van der Waals surface area contributed by atoms with Crippen molar-refractivity contribution in [3.8, 4) is 0 Å². The normalized spacial score (nSPS) is 14.6. The van der Waals surface area contributed by atoms with Crippen LogP contribution in [0.5, 0.6) is 0 Å². The van der Waals surface area contributed by atoms with Crippen LogP contribution in [0.3, 0.4) is 0 Å². The van der Waals surface area contributed by atoms with Crippen molar-refractivity contribution in [3.05, 3.63) is 38.5 Å². The van der Waals surface area contributed by atoms with Gasteiger partial charge in [-0.15, -0.1) is 0 Å². The molecule has 1 atom stereocenters. The van der Waals surface area contributed by atoms with Crippen molar-refractivity contribution in [1.82, 2.24) is 0 Å². The smallest absolute Gasteiger partial charge is 0.438 e. The Balaban J connectivity index is -0.00000114. The van der Waals surface area contributed by atoms with Crippen molar-refractivity contribution >= 4 is 0 Å². The minimum Gasteiger partial charge on any atom is -0.502 e. The second kappa shape index (κ2) is 21.2. The summed E-state index contributed by atoms with van der Waals surface area (Å²) >= 11 is 0. The Morgan fingerprint density at radius 1 is 0.456 bits per heavy atom. The molecule has 0 rings (SSSR count). The van der Waals surface area contributed by atoms with E-state index in [0.717, 1.165) is 19.1 Å². The van der Waals surface area contributed by atoms with E-state index in [1.165, 1.54) is 6.26 Å². The summed E-state index contributed by atoms with van der Waals surface area (Å²) in [6, 6.07) is 0. The second-order valence-electron chi connectivity index (χ2n) is 10.0. The van der Waals surface area contributed by atoms with Gasteiger partial charge in [0.05, 0.1) is 45.2 Å². The minimum absolute atomic E-state index is 0.150. The molecule has 57 heavy (non-hydrogen) atoms. The molecule has 0 aliphatic rings. The summed E-state index contributed by atoms with van der Waals surface area (Å²) in [6.45, 7) is 6.80. The topological polar surface area (TPSA) is 46.2 Å². The molecule has 0 aromatic heterocycles. The molecule has 0 saturated carbocycles. The number of ether oxygens (including phenoxy) is 5. The molecule has 0 aromatic rings. The molecule has 1 unspecified atom stereocenters. The maximum atomic E-state index is 13.6. The molecule has 0 saturated heterocycles. The van der Waals surface area contributed by atoms with Crippen LogP contribution in [-0.4, -0.2) is 118 Å². The predicted molar refractivity (Wildman–Crippen MR) is 142 cm³/mol. The van der Waals surface area contributed by atoms with Crippen LogP contribution in [0.15, 0.2) is 38.5 Å². The summed E-state index contributed by atoms with van der Waals surface area (Å²) in [5.74, 6) is -54.5. The van der Waals surface area contributed by atoms with Gasteiger partial charge in [-0.05, 0) is 6.92 Å². The summed E-state index contributed by atoms with van der Waals surface area (Å²) in [5.41, 5.74) is -8.74. The highest BCUT2D eigenvalue weighted by atomic mass is 19.4. The van der Waals surface area contributed by atoms with E-state index < -0.39 is 105 Å². The quantitative estimate of drug-likeness (QED) is 0.0615. The van der Waals surface area contributed by atoms with Crippen molar-refractivity contribution in [1.29, 1.82) is 0 Å². The monoisotopic (exact) mass is 908 g/mol. The Labute approximate surface area is 304 Å². The summed E-state index contributed by atoms with van der Waals surface area (Å²) in [7, 11) is 0. The molecular formula is C27H29F25O5. The Morgan fingerprint density at radius 2 is 0.807 bits per heavy atom. The predicted octanol–water partition coefficient (Wildman–Crippen LogP) is 11.1. The van der Waals surface area contributed by atoms with Crippen LogP contribution in [0, 0.1) is 0 Å². The molecule has 0 aromatic carbocycles. The fourth-order valence-electron chi connectivity index (χ4n) is 3.03. The minimum atomic E-state index is -9.01. The van der Waals surface area contributed by atoms with E-state index in [0.29, 0.717) is 0 Å². The molecule has 0 fully saturated rings. The van der Waals surface area contributed by atoms with Crippen molar-refractivity contribution in [2.45, 2.75) is 85.2 Å². The summed E-state index contributed by atoms with van der Waals surface area (Å²) < 4.78 is 344. The molecule has 5 nitrogen and oxygen atoms in total. The first kappa shape index (κ1) is 58.1. The molecule has 0 bridgehead atoms. The van der Waals surface area contributed by atoms with Gasteiger partial charge in [0.15, 0.2) is 0 Å². The lowest BCUT2D eigenvalue weighted by Gasteiger charge is -2.45. The van der Waals surface area contributed by atoms with Crippen molar-refractivity contribution in [2.24, 2.45) is 0 Å². The number of alkyl halides is 25. The first-order valence-corrected chi connectivity index (χ1v) is 14.2. The van der Waals surface area contributed by atoms with E-state index >= 15 is 0 Å². The van der Waals surface area contributed by atoms with Gasteiger partial charge >= 0.3 is 65.7 Å². The van der Waals surface area contributed by atoms with Gasteiger partial charge in [0.2, 0.25) is 0 Å². The molecule has 0 amide bonds. The summed E-state index contributed by atoms with van der Waals surface area (Å²) in [6.07, 6.45) is -26.0. The number of rotatable bonds is 22. The first-order chi connectivity index (χ1) is 25.2. The molecule has 0 spiro atoms. The molecule has 342 valence electrons. The number of hydrogen-bond acceptors (Lipinski definition) is 5. The molecule has 0 radical (unpaired) electrons. The van der Waals surface area contributed by atoms with E-state index in [1.54, 1.807) is 0 Å². The zero-order valence-electron chi connectivity index (χ0n) is 28.1. The highest BCUT2D eigenvalue weighted by Crippen LogP contribution is 2.66. The van der Waals surface area contributed by atoms with E-state index in [4.69, 9.17) is 0 Å². The van der Waals surface area contributed by atoms with Crippen LogP contribution in [0.2, 0.25) is 0 Å². The lowest BCUT2D eigenvalue weighted by molar-refractivity contribution is -0.472. The SMILES string of the molecule is C=COCC.C=COCCOCC(F)(F)C(F)C(F)(F)F.C=COCCOCCC(F)(F)C(F)(F)C(F)(F)C(F)(F)C(F)(F)C(F)(F)C(F)(C(F)(F)F)C(F)(F)F. The first-order valence-electron chi connectivity index (χ1n) is 14.2. The molecular weight excluding hydrogens is 879 g/mol. The van der Waals surface area contributed by atoms with Gasteiger partial charge in [-0.25, -0.2) is 17.6 Å². The molecule has 30 heteroatoms. The third-order valence-electron chi connectivity index (χ3n) is 5.97. The maximum Gasteiger partial charge on any atom is 0.438 e. The van der Waals surface area contributed by atoms with Crippen LogP contribution in [-0.2, 0) is 23.7 Å². The largest absolute Gasteiger partial charge is 0.502 e. The zero-order chi connectivity index (χ0) is 46.4. The van der Waals surface area contributed by atoms with Crippen LogP contribution in [0.4, 0.5) is 110 Å². The molecule has 0 aliphatic heterocycles. The number of hydrogen-bond donors (Lipinski definition) is 0.